The summed E-state index contributed by atoms with van der Waals surface area (Å²) in [7, 11) is 0. The van der Waals surface area contributed by atoms with Crippen molar-refractivity contribution in [1.82, 2.24) is 4.57 Å². The topological polar surface area (TPSA) is 21.3 Å². The van der Waals surface area contributed by atoms with Crippen LogP contribution >= 0.6 is 0 Å². The van der Waals surface area contributed by atoms with E-state index >= 15 is 0 Å². The SMILES string of the molecule is c1ccc(-c2ccc(N(c3ccc(-c4ccc(-c5cccc6c5oc5ccccc56)cc4)cc3)c3cccc(-c4ccccc4-n4c5ccccc5c5ccccc54)c3)cc2)cc1. The van der Waals surface area contributed by atoms with Crippen LogP contribution in [0.2, 0.25) is 0 Å². The molecule has 0 saturated heterocycles. The van der Waals surface area contributed by atoms with E-state index in [1.165, 1.54) is 38.5 Å². The third kappa shape index (κ3) is 6.38. The second kappa shape index (κ2) is 15.3. The molecule has 0 N–H and O–H groups in total. The van der Waals surface area contributed by atoms with Crippen LogP contribution in [0.1, 0.15) is 0 Å². The van der Waals surface area contributed by atoms with Gasteiger partial charge in [0.15, 0.2) is 0 Å². The number of anilines is 3. The van der Waals surface area contributed by atoms with Gasteiger partial charge in [0.25, 0.3) is 0 Å². The average Bonchev–Trinajstić information content (AvgIpc) is 3.91. The van der Waals surface area contributed by atoms with Crippen LogP contribution in [0.4, 0.5) is 17.1 Å². The van der Waals surface area contributed by atoms with Crippen molar-refractivity contribution in [3.63, 3.8) is 0 Å². The minimum atomic E-state index is 0.911. The van der Waals surface area contributed by atoms with Gasteiger partial charge in [-0.05, 0) is 94.0 Å². The molecule has 0 bridgehead atoms. The van der Waals surface area contributed by atoms with Gasteiger partial charge in [-0.3, -0.25) is 0 Å². The van der Waals surface area contributed by atoms with Gasteiger partial charge in [-0.15, -0.1) is 0 Å². The first kappa shape index (κ1) is 36.5. The van der Waals surface area contributed by atoms with Crippen LogP contribution in [0, 0.1) is 0 Å². The van der Waals surface area contributed by atoms with E-state index in [0.29, 0.717) is 0 Å². The number of hydrogen-bond donors (Lipinski definition) is 0. The van der Waals surface area contributed by atoms with Gasteiger partial charge in [-0.2, -0.15) is 0 Å². The fraction of sp³-hybridized carbons (Fsp3) is 0. The van der Waals surface area contributed by atoms with Crippen LogP contribution in [0.15, 0.2) is 247 Å². The number of furan rings is 1. The Labute approximate surface area is 366 Å². The Morgan fingerprint density at radius 2 is 0.778 bits per heavy atom. The highest BCUT2D eigenvalue weighted by Crippen LogP contribution is 2.42. The molecule has 2 aromatic heterocycles. The summed E-state index contributed by atoms with van der Waals surface area (Å²) in [5, 5.41) is 4.78. The summed E-state index contributed by atoms with van der Waals surface area (Å²) in [4.78, 5) is 2.36. The first-order valence-corrected chi connectivity index (χ1v) is 21.5. The third-order valence-electron chi connectivity index (χ3n) is 12.4. The largest absolute Gasteiger partial charge is 0.455 e. The zero-order valence-electron chi connectivity index (χ0n) is 34.4. The van der Waals surface area contributed by atoms with Gasteiger partial charge in [0.05, 0.1) is 16.7 Å². The molecule has 0 saturated carbocycles. The van der Waals surface area contributed by atoms with Crippen molar-refractivity contribution in [2.24, 2.45) is 0 Å². The molecule has 296 valence electrons. The van der Waals surface area contributed by atoms with Crippen LogP contribution in [-0.4, -0.2) is 4.57 Å². The van der Waals surface area contributed by atoms with Gasteiger partial charge >= 0.3 is 0 Å². The fourth-order valence-electron chi connectivity index (χ4n) is 9.41. The molecule has 3 nitrogen and oxygen atoms in total. The van der Waals surface area contributed by atoms with Crippen LogP contribution in [0.5, 0.6) is 0 Å². The van der Waals surface area contributed by atoms with Crippen LogP contribution in [0.3, 0.4) is 0 Å². The predicted octanol–water partition coefficient (Wildman–Crippen LogP) is 16.8. The number of hydrogen-bond acceptors (Lipinski definition) is 2. The molecule has 0 amide bonds. The van der Waals surface area contributed by atoms with E-state index in [-0.39, 0.29) is 0 Å². The lowest BCUT2D eigenvalue weighted by atomic mass is 9.98. The molecule has 0 aliphatic heterocycles. The number of rotatable bonds is 8. The molecule has 0 radical (unpaired) electrons. The van der Waals surface area contributed by atoms with Gasteiger partial charge in [0, 0.05) is 49.7 Å². The molecule has 10 aromatic carbocycles. The van der Waals surface area contributed by atoms with E-state index < -0.39 is 0 Å². The number of aromatic nitrogens is 1. The minimum absolute atomic E-state index is 0.911. The zero-order chi connectivity index (χ0) is 41.7. The maximum absolute atomic E-state index is 6.37. The van der Waals surface area contributed by atoms with Crippen molar-refractivity contribution < 1.29 is 4.42 Å². The van der Waals surface area contributed by atoms with E-state index in [0.717, 1.165) is 72.5 Å². The first-order chi connectivity index (χ1) is 31.2. The van der Waals surface area contributed by atoms with Gasteiger partial charge in [0.2, 0.25) is 0 Å². The molecule has 0 fully saturated rings. The molecule has 3 heteroatoms. The Bertz CT molecular complexity index is 3550. The Balaban J connectivity index is 0.928. The highest BCUT2D eigenvalue weighted by atomic mass is 16.3. The lowest BCUT2D eigenvalue weighted by Crippen LogP contribution is -2.10. The maximum Gasteiger partial charge on any atom is 0.143 e. The van der Waals surface area contributed by atoms with Crippen LogP contribution < -0.4 is 4.90 Å². The van der Waals surface area contributed by atoms with Gasteiger partial charge < -0.3 is 13.9 Å². The maximum atomic E-state index is 6.37. The zero-order valence-corrected chi connectivity index (χ0v) is 34.4. The highest BCUT2D eigenvalue weighted by Gasteiger charge is 2.18. The molecule has 12 aromatic rings. The summed E-state index contributed by atoms with van der Waals surface area (Å²) in [6.07, 6.45) is 0. The quantitative estimate of drug-likeness (QED) is 0.153. The summed E-state index contributed by atoms with van der Waals surface area (Å²) >= 11 is 0. The smallest absolute Gasteiger partial charge is 0.143 e. The van der Waals surface area contributed by atoms with Crippen LogP contribution in [-0.2, 0) is 0 Å². The Hall–Kier alpha value is -8.40. The Morgan fingerprint density at radius 3 is 1.46 bits per heavy atom. The second-order valence-corrected chi connectivity index (χ2v) is 16.1. The Kier molecular flexibility index (Phi) is 8.83. The summed E-state index contributed by atoms with van der Waals surface area (Å²) in [5.41, 5.74) is 17.8. The molecular weight excluding hydrogens is 765 g/mol. The van der Waals surface area contributed by atoms with Crippen molar-refractivity contribution in [2.45, 2.75) is 0 Å². The van der Waals surface area contributed by atoms with E-state index in [1.54, 1.807) is 0 Å². The second-order valence-electron chi connectivity index (χ2n) is 16.1. The first-order valence-electron chi connectivity index (χ1n) is 21.5. The third-order valence-corrected chi connectivity index (χ3v) is 12.4. The van der Waals surface area contributed by atoms with E-state index in [4.69, 9.17) is 4.42 Å². The van der Waals surface area contributed by atoms with Crippen LogP contribution in [0.25, 0.3) is 93.9 Å². The van der Waals surface area contributed by atoms with Crippen molar-refractivity contribution in [1.29, 1.82) is 0 Å². The lowest BCUT2D eigenvalue weighted by Gasteiger charge is -2.27. The number of benzene rings is 10. The molecule has 12 rings (SSSR count). The van der Waals surface area contributed by atoms with Gasteiger partial charge in [0.1, 0.15) is 11.2 Å². The van der Waals surface area contributed by atoms with E-state index in [2.05, 4.69) is 240 Å². The number of para-hydroxylation sites is 5. The van der Waals surface area contributed by atoms with E-state index in [1.807, 2.05) is 12.1 Å². The fourth-order valence-corrected chi connectivity index (χ4v) is 9.41. The summed E-state index contributed by atoms with van der Waals surface area (Å²) in [6, 6.07) is 87.1. The number of fused-ring (bicyclic) bond motifs is 6. The van der Waals surface area contributed by atoms with Crippen molar-refractivity contribution in [3.8, 4) is 50.2 Å². The molecule has 63 heavy (non-hydrogen) atoms. The standard InChI is InChI=1S/C60H40N2O/c1-2-14-41(15-3-1)43-32-36-47(37-33-43)61(48-38-34-44(35-39-48)42-28-30-45(31-29-42)51-22-13-23-55-54-21-7-11-27-59(54)63-60(51)55)49-17-12-16-46(40-49)50-18-4-8-24-56(50)62-57-25-9-5-19-52(57)53-20-6-10-26-58(53)62/h1-40H. The molecule has 0 aliphatic carbocycles. The monoisotopic (exact) mass is 804 g/mol. The molecule has 0 spiro atoms. The van der Waals surface area contributed by atoms with Gasteiger partial charge in [-0.25, -0.2) is 0 Å². The summed E-state index contributed by atoms with van der Waals surface area (Å²) in [6.45, 7) is 0. The number of nitrogens with zero attached hydrogens (tertiary/aromatic N) is 2. The average molecular weight is 805 g/mol. The van der Waals surface area contributed by atoms with Crippen molar-refractivity contribution >= 4 is 60.8 Å². The summed E-state index contributed by atoms with van der Waals surface area (Å²) < 4.78 is 8.78. The minimum Gasteiger partial charge on any atom is -0.455 e. The lowest BCUT2D eigenvalue weighted by molar-refractivity contribution is 0.670. The Morgan fingerprint density at radius 1 is 0.302 bits per heavy atom. The molecule has 0 unspecified atom stereocenters. The molecule has 0 aliphatic rings. The van der Waals surface area contributed by atoms with Gasteiger partial charge in [-0.1, -0.05) is 182 Å². The predicted molar refractivity (Wildman–Crippen MR) is 264 cm³/mol. The van der Waals surface area contributed by atoms with E-state index in [9.17, 15) is 0 Å². The van der Waals surface area contributed by atoms with Crippen molar-refractivity contribution in [3.05, 3.63) is 243 Å². The molecular formula is C60H40N2O. The molecule has 0 atom stereocenters. The normalized spacial score (nSPS) is 11.5. The highest BCUT2D eigenvalue weighted by molar-refractivity contribution is 6.10. The van der Waals surface area contributed by atoms with Crippen molar-refractivity contribution in [2.75, 3.05) is 4.90 Å². The molecule has 2 heterocycles. The summed E-state index contributed by atoms with van der Waals surface area (Å²) in [5.74, 6) is 0.